The molecule has 4 nitrogen and oxygen atoms in total. The second-order valence-corrected chi connectivity index (χ2v) is 4.96. The van der Waals surface area contributed by atoms with Gasteiger partial charge in [-0.2, -0.15) is 0 Å². The van der Waals surface area contributed by atoms with Gasteiger partial charge in [0.15, 0.2) is 0 Å². The highest BCUT2D eigenvalue weighted by molar-refractivity contribution is 6.10. The van der Waals surface area contributed by atoms with Crippen LogP contribution < -0.4 is 5.32 Å². The van der Waals surface area contributed by atoms with E-state index in [-0.39, 0.29) is 29.1 Å². The zero-order valence-corrected chi connectivity index (χ0v) is 9.54. The molecule has 84 valence electrons. The highest BCUT2D eigenvalue weighted by atomic mass is 16.2. The van der Waals surface area contributed by atoms with Gasteiger partial charge in [0.05, 0.1) is 11.8 Å². The standard InChI is InChI=1S/C11H18N2O2/c1-4-12-5-6-13-9(14)7-8(10(13)15)11(7,2)3/h7-8,12H,4-6H2,1-3H3. The van der Waals surface area contributed by atoms with Crippen LogP contribution in [0.4, 0.5) is 0 Å². The average molecular weight is 210 g/mol. The Balaban J connectivity index is 1.96. The third-order valence-electron chi connectivity index (χ3n) is 3.65. The normalized spacial score (nSPS) is 32.1. The molecule has 0 spiro atoms. The molecule has 1 heterocycles. The van der Waals surface area contributed by atoms with Crippen molar-refractivity contribution in [3.8, 4) is 0 Å². The van der Waals surface area contributed by atoms with Crippen molar-refractivity contribution in [2.45, 2.75) is 20.8 Å². The largest absolute Gasteiger partial charge is 0.315 e. The van der Waals surface area contributed by atoms with Gasteiger partial charge in [-0.25, -0.2) is 0 Å². The van der Waals surface area contributed by atoms with Crippen LogP contribution in [0, 0.1) is 17.3 Å². The van der Waals surface area contributed by atoms with E-state index in [0.717, 1.165) is 6.54 Å². The fraction of sp³-hybridized carbons (Fsp3) is 0.818. The van der Waals surface area contributed by atoms with Crippen LogP contribution in [0.5, 0.6) is 0 Å². The van der Waals surface area contributed by atoms with Crippen LogP contribution in [0.1, 0.15) is 20.8 Å². The lowest BCUT2D eigenvalue weighted by Crippen LogP contribution is -2.40. The number of nitrogens with one attached hydrogen (secondary N) is 1. The third kappa shape index (κ3) is 1.39. The number of fused-ring (bicyclic) bond motifs is 1. The summed E-state index contributed by atoms with van der Waals surface area (Å²) in [6.07, 6.45) is 0. The minimum atomic E-state index is -0.0805. The molecular formula is C11H18N2O2. The van der Waals surface area contributed by atoms with Gasteiger partial charge < -0.3 is 5.32 Å². The van der Waals surface area contributed by atoms with Gasteiger partial charge in [-0.3, -0.25) is 14.5 Å². The molecule has 1 saturated carbocycles. The lowest BCUT2D eigenvalue weighted by molar-refractivity contribution is -0.142. The number of hydrogen-bond acceptors (Lipinski definition) is 3. The summed E-state index contributed by atoms with van der Waals surface area (Å²) in [7, 11) is 0. The fourth-order valence-electron chi connectivity index (χ4n) is 2.59. The Morgan fingerprint density at radius 1 is 1.27 bits per heavy atom. The summed E-state index contributed by atoms with van der Waals surface area (Å²) >= 11 is 0. The van der Waals surface area contributed by atoms with E-state index in [0.29, 0.717) is 13.1 Å². The zero-order chi connectivity index (χ0) is 11.2. The van der Waals surface area contributed by atoms with Gasteiger partial charge in [-0.1, -0.05) is 20.8 Å². The van der Waals surface area contributed by atoms with Crippen molar-refractivity contribution in [3.05, 3.63) is 0 Å². The van der Waals surface area contributed by atoms with Crippen molar-refractivity contribution < 1.29 is 9.59 Å². The predicted octanol–water partition coefficient (Wildman–Crippen LogP) is 0.237. The number of hydrogen-bond donors (Lipinski definition) is 1. The zero-order valence-electron chi connectivity index (χ0n) is 9.54. The number of carbonyl (C=O) groups excluding carboxylic acids is 2. The number of likely N-dealkylation sites (N-methyl/N-ethyl adjacent to an activating group) is 1. The lowest BCUT2D eigenvalue weighted by atomic mass is 10.1. The van der Waals surface area contributed by atoms with Crippen LogP contribution in [0.3, 0.4) is 0 Å². The number of carbonyl (C=O) groups is 2. The highest BCUT2D eigenvalue weighted by Crippen LogP contribution is 2.63. The van der Waals surface area contributed by atoms with Gasteiger partial charge in [-0.15, -0.1) is 0 Å². The van der Waals surface area contributed by atoms with Crippen molar-refractivity contribution in [1.29, 1.82) is 0 Å². The Morgan fingerprint density at radius 3 is 2.27 bits per heavy atom. The predicted molar refractivity (Wildman–Crippen MR) is 56.0 cm³/mol. The Bertz CT molecular complexity index is 288. The summed E-state index contributed by atoms with van der Waals surface area (Å²) in [5.41, 5.74) is -0.0805. The first kappa shape index (κ1) is 10.6. The van der Waals surface area contributed by atoms with Crippen LogP contribution in [0.25, 0.3) is 0 Å². The SMILES string of the molecule is CCNCCN1C(=O)C2C(C1=O)C2(C)C. The molecule has 2 aliphatic rings. The third-order valence-corrected chi connectivity index (χ3v) is 3.65. The Hall–Kier alpha value is -0.900. The summed E-state index contributed by atoms with van der Waals surface area (Å²) in [6.45, 7) is 8.10. The Labute approximate surface area is 90.0 Å². The molecule has 15 heavy (non-hydrogen) atoms. The number of rotatable bonds is 4. The van der Waals surface area contributed by atoms with Crippen molar-refractivity contribution in [2.24, 2.45) is 17.3 Å². The van der Waals surface area contributed by atoms with E-state index in [1.54, 1.807) is 0 Å². The monoisotopic (exact) mass is 210 g/mol. The summed E-state index contributed by atoms with van der Waals surface area (Å²) in [4.78, 5) is 25.1. The number of imide groups is 1. The quantitative estimate of drug-likeness (QED) is 0.534. The second-order valence-electron chi connectivity index (χ2n) is 4.96. The van der Waals surface area contributed by atoms with Crippen LogP contribution in [-0.4, -0.2) is 36.3 Å². The number of likely N-dealkylation sites (tertiary alicyclic amines) is 1. The van der Waals surface area contributed by atoms with Gasteiger partial charge in [0.2, 0.25) is 11.8 Å². The van der Waals surface area contributed by atoms with E-state index < -0.39 is 0 Å². The first-order valence-corrected chi connectivity index (χ1v) is 5.57. The summed E-state index contributed by atoms with van der Waals surface area (Å²) in [6, 6.07) is 0. The summed E-state index contributed by atoms with van der Waals surface area (Å²) in [5, 5.41) is 3.12. The van der Waals surface area contributed by atoms with Gasteiger partial charge in [0.1, 0.15) is 0 Å². The molecule has 0 aromatic heterocycles. The molecular weight excluding hydrogens is 192 g/mol. The minimum absolute atomic E-state index is 0.0351. The summed E-state index contributed by atoms with van der Waals surface area (Å²) < 4.78 is 0. The van der Waals surface area contributed by atoms with Crippen LogP contribution >= 0.6 is 0 Å². The van der Waals surface area contributed by atoms with E-state index in [1.165, 1.54) is 4.90 Å². The molecule has 1 aliphatic heterocycles. The maximum Gasteiger partial charge on any atom is 0.233 e. The molecule has 2 unspecified atom stereocenters. The van der Waals surface area contributed by atoms with E-state index in [1.807, 2.05) is 20.8 Å². The summed E-state index contributed by atoms with van der Waals surface area (Å²) in [5.74, 6) is -0.000871. The minimum Gasteiger partial charge on any atom is -0.315 e. The molecule has 4 heteroatoms. The number of nitrogens with zero attached hydrogens (tertiary/aromatic N) is 1. The second kappa shape index (κ2) is 3.30. The topological polar surface area (TPSA) is 49.4 Å². The van der Waals surface area contributed by atoms with Crippen molar-refractivity contribution >= 4 is 11.8 Å². The first-order valence-electron chi connectivity index (χ1n) is 5.57. The molecule has 1 N–H and O–H groups in total. The number of amides is 2. The van der Waals surface area contributed by atoms with Crippen LogP contribution in [0.15, 0.2) is 0 Å². The van der Waals surface area contributed by atoms with Crippen molar-refractivity contribution in [2.75, 3.05) is 19.6 Å². The lowest BCUT2D eigenvalue weighted by Gasteiger charge is -2.20. The molecule has 0 aromatic rings. The van der Waals surface area contributed by atoms with E-state index in [2.05, 4.69) is 5.32 Å². The van der Waals surface area contributed by atoms with Gasteiger partial charge in [0.25, 0.3) is 0 Å². The molecule has 0 bridgehead atoms. The van der Waals surface area contributed by atoms with E-state index in [9.17, 15) is 9.59 Å². The van der Waals surface area contributed by atoms with Crippen molar-refractivity contribution in [1.82, 2.24) is 10.2 Å². The van der Waals surface area contributed by atoms with E-state index >= 15 is 0 Å². The molecule has 1 saturated heterocycles. The maximum absolute atomic E-state index is 11.8. The molecule has 0 radical (unpaired) electrons. The molecule has 2 fully saturated rings. The molecule has 0 aromatic carbocycles. The Morgan fingerprint density at radius 2 is 1.80 bits per heavy atom. The fourth-order valence-corrected chi connectivity index (χ4v) is 2.59. The van der Waals surface area contributed by atoms with E-state index in [4.69, 9.17) is 0 Å². The molecule has 2 atom stereocenters. The van der Waals surface area contributed by atoms with Gasteiger partial charge in [-0.05, 0) is 12.0 Å². The maximum atomic E-state index is 11.8. The van der Waals surface area contributed by atoms with Crippen LogP contribution in [-0.2, 0) is 9.59 Å². The molecule has 2 amide bonds. The average Bonchev–Trinajstić information content (AvgIpc) is 2.63. The van der Waals surface area contributed by atoms with Gasteiger partial charge in [0, 0.05) is 13.1 Å². The highest BCUT2D eigenvalue weighted by Gasteiger charge is 2.72. The van der Waals surface area contributed by atoms with Gasteiger partial charge >= 0.3 is 0 Å². The smallest absolute Gasteiger partial charge is 0.233 e. The number of piperidine rings is 1. The Kier molecular flexibility index (Phi) is 2.34. The van der Waals surface area contributed by atoms with Crippen molar-refractivity contribution in [3.63, 3.8) is 0 Å². The molecule has 2 rings (SSSR count). The first-order chi connectivity index (χ1) is 7.01. The van der Waals surface area contributed by atoms with Crippen LogP contribution in [0.2, 0.25) is 0 Å². The molecule has 1 aliphatic carbocycles.